The second-order valence-electron chi connectivity index (χ2n) is 4.85. The highest BCUT2D eigenvalue weighted by Crippen LogP contribution is 2.31. The third-order valence-corrected chi connectivity index (χ3v) is 4.54. The number of carboxylic acid groups (broad SMARTS) is 1. The molecule has 1 saturated carbocycles. The van der Waals surface area contributed by atoms with Crippen molar-refractivity contribution in [3.63, 3.8) is 0 Å². The van der Waals surface area contributed by atoms with Gasteiger partial charge in [0.15, 0.2) is 0 Å². The van der Waals surface area contributed by atoms with Crippen molar-refractivity contribution in [2.45, 2.75) is 45.4 Å². The van der Waals surface area contributed by atoms with Gasteiger partial charge in [0.1, 0.15) is 0 Å². The van der Waals surface area contributed by atoms with Gasteiger partial charge in [-0.25, -0.2) is 4.98 Å². The van der Waals surface area contributed by atoms with Gasteiger partial charge in [0.05, 0.1) is 16.6 Å². The van der Waals surface area contributed by atoms with Crippen molar-refractivity contribution in [1.82, 2.24) is 4.98 Å². The minimum absolute atomic E-state index is 0.103. The molecule has 0 amide bonds. The van der Waals surface area contributed by atoms with E-state index in [0.29, 0.717) is 5.92 Å². The van der Waals surface area contributed by atoms with Gasteiger partial charge in [-0.3, -0.25) is 4.79 Å². The van der Waals surface area contributed by atoms with Gasteiger partial charge in [0, 0.05) is 11.8 Å². The van der Waals surface area contributed by atoms with Crippen LogP contribution in [0.2, 0.25) is 0 Å². The van der Waals surface area contributed by atoms with Crippen LogP contribution in [0.4, 0.5) is 0 Å². The van der Waals surface area contributed by atoms with Crippen LogP contribution in [0.1, 0.15) is 43.3 Å². The molecule has 1 aromatic rings. The Morgan fingerprint density at radius 2 is 2.18 bits per heavy atom. The lowest BCUT2D eigenvalue weighted by Gasteiger charge is -2.25. The number of thiazole rings is 1. The minimum atomic E-state index is -0.619. The van der Waals surface area contributed by atoms with Gasteiger partial charge in [-0.1, -0.05) is 6.92 Å². The zero-order chi connectivity index (χ0) is 12.3. The summed E-state index contributed by atoms with van der Waals surface area (Å²) in [5.41, 5.74) is 1.18. The van der Waals surface area contributed by atoms with Gasteiger partial charge in [-0.2, -0.15) is 0 Å². The predicted octanol–water partition coefficient (Wildman–Crippen LogP) is 3.14. The fourth-order valence-electron chi connectivity index (χ4n) is 2.47. The van der Waals surface area contributed by atoms with Gasteiger partial charge in [-0.15, -0.1) is 11.3 Å². The maximum atomic E-state index is 10.9. The molecule has 0 saturated heterocycles. The molecule has 1 aliphatic rings. The fraction of sp³-hybridized carbons (Fsp3) is 0.692. The third-order valence-electron chi connectivity index (χ3n) is 3.62. The summed E-state index contributed by atoms with van der Waals surface area (Å²) < 4.78 is 0. The number of aliphatic carboxylic acids is 1. The zero-order valence-corrected chi connectivity index (χ0v) is 11.0. The normalized spacial score (nSPS) is 24.8. The van der Waals surface area contributed by atoms with E-state index in [9.17, 15) is 4.79 Å². The van der Waals surface area contributed by atoms with Gasteiger partial charge in [-0.05, 0) is 38.0 Å². The van der Waals surface area contributed by atoms with E-state index in [1.54, 1.807) is 11.3 Å². The number of nitrogens with zero attached hydrogens (tertiary/aromatic N) is 1. The molecule has 0 bridgehead atoms. The van der Waals surface area contributed by atoms with Crippen LogP contribution in [0.25, 0.3) is 0 Å². The summed E-state index contributed by atoms with van der Waals surface area (Å²) in [6, 6.07) is 0. The summed E-state index contributed by atoms with van der Waals surface area (Å²) in [5, 5.41) is 12.3. The summed E-state index contributed by atoms with van der Waals surface area (Å²) in [6.45, 7) is 2.12. The van der Waals surface area contributed by atoms with Gasteiger partial charge < -0.3 is 5.11 Å². The van der Waals surface area contributed by atoms with Crippen molar-refractivity contribution in [2.75, 3.05) is 0 Å². The lowest BCUT2D eigenvalue weighted by molar-refractivity contribution is -0.143. The second kappa shape index (κ2) is 5.63. The zero-order valence-electron chi connectivity index (χ0n) is 10.2. The molecule has 0 aliphatic heterocycles. The first-order valence-corrected chi connectivity index (χ1v) is 7.23. The Kier molecular flexibility index (Phi) is 4.15. The smallest absolute Gasteiger partial charge is 0.306 e. The summed E-state index contributed by atoms with van der Waals surface area (Å²) in [6.07, 6.45) is 5.80. The Labute approximate surface area is 106 Å². The Morgan fingerprint density at radius 3 is 2.71 bits per heavy atom. The number of aromatic nitrogens is 1. The van der Waals surface area contributed by atoms with Crippen LogP contribution in [0.15, 0.2) is 5.38 Å². The first-order valence-electron chi connectivity index (χ1n) is 6.35. The quantitative estimate of drug-likeness (QED) is 0.896. The van der Waals surface area contributed by atoms with Gasteiger partial charge >= 0.3 is 5.97 Å². The molecular formula is C13H19NO2S. The Balaban J connectivity index is 1.83. The Hall–Kier alpha value is -0.900. The van der Waals surface area contributed by atoms with Crippen LogP contribution in [0.3, 0.4) is 0 Å². The van der Waals surface area contributed by atoms with Gasteiger partial charge in [0.2, 0.25) is 0 Å². The van der Waals surface area contributed by atoms with E-state index < -0.39 is 5.97 Å². The van der Waals surface area contributed by atoms with Crippen LogP contribution in [-0.2, 0) is 17.6 Å². The molecule has 0 radical (unpaired) electrons. The van der Waals surface area contributed by atoms with Crippen molar-refractivity contribution in [3.05, 3.63) is 16.1 Å². The van der Waals surface area contributed by atoms with Crippen molar-refractivity contribution < 1.29 is 9.90 Å². The first-order chi connectivity index (χ1) is 8.19. The number of rotatable bonds is 4. The number of aryl methyl sites for hydroxylation is 1. The van der Waals surface area contributed by atoms with E-state index >= 15 is 0 Å². The van der Waals surface area contributed by atoms with E-state index in [4.69, 9.17) is 5.11 Å². The molecular weight excluding hydrogens is 234 g/mol. The van der Waals surface area contributed by atoms with Crippen LogP contribution in [-0.4, -0.2) is 16.1 Å². The summed E-state index contributed by atoms with van der Waals surface area (Å²) in [7, 11) is 0. The Morgan fingerprint density at radius 1 is 1.47 bits per heavy atom. The highest BCUT2D eigenvalue weighted by molar-refractivity contribution is 7.09. The first kappa shape index (κ1) is 12.6. The SMILES string of the molecule is CCc1csc(CC2CCC(C(=O)O)CC2)n1. The van der Waals surface area contributed by atoms with E-state index in [2.05, 4.69) is 17.3 Å². The molecule has 0 atom stereocenters. The van der Waals surface area contributed by atoms with Crippen LogP contribution >= 0.6 is 11.3 Å². The van der Waals surface area contributed by atoms with Crippen molar-refractivity contribution in [1.29, 1.82) is 0 Å². The monoisotopic (exact) mass is 253 g/mol. The van der Waals surface area contributed by atoms with Crippen LogP contribution < -0.4 is 0 Å². The molecule has 1 aromatic heterocycles. The van der Waals surface area contributed by atoms with E-state index in [1.165, 1.54) is 10.7 Å². The van der Waals surface area contributed by atoms with Crippen molar-refractivity contribution in [3.8, 4) is 0 Å². The highest BCUT2D eigenvalue weighted by Gasteiger charge is 2.26. The molecule has 0 unspecified atom stereocenters. The molecule has 3 nitrogen and oxygen atoms in total. The average molecular weight is 253 g/mol. The lowest BCUT2D eigenvalue weighted by Crippen LogP contribution is -2.22. The van der Waals surface area contributed by atoms with Crippen molar-refractivity contribution >= 4 is 17.3 Å². The molecule has 2 rings (SSSR count). The van der Waals surface area contributed by atoms with Crippen LogP contribution in [0, 0.1) is 11.8 Å². The van der Waals surface area contributed by atoms with Crippen molar-refractivity contribution in [2.24, 2.45) is 11.8 Å². The molecule has 17 heavy (non-hydrogen) atoms. The number of hydrogen-bond acceptors (Lipinski definition) is 3. The van der Waals surface area contributed by atoms with E-state index in [1.807, 2.05) is 0 Å². The standard InChI is InChI=1S/C13H19NO2S/c1-2-11-8-17-12(14-11)7-9-3-5-10(6-4-9)13(15)16/h8-10H,2-7H2,1H3,(H,15,16). The average Bonchev–Trinajstić information content (AvgIpc) is 2.77. The molecule has 0 spiro atoms. The van der Waals surface area contributed by atoms with Crippen LogP contribution in [0.5, 0.6) is 0 Å². The molecule has 4 heteroatoms. The molecule has 0 aromatic carbocycles. The Bertz CT molecular complexity index is 381. The molecule has 1 N–H and O–H groups in total. The van der Waals surface area contributed by atoms with E-state index in [-0.39, 0.29) is 5.92 Å². The summed E-state index contributed by atoms with van der Waals surface area (Å²) >= 11 is 1.75. The van der Waals surface area contributed by atoms with Gasteiger partial charge in [0.25, 0.3) is 0 Å². The largest absolute Gasteiger partial charge is 0.481 e. The third kappa shape index (κ3) is 3.28. The topological polar surface area (TPSA) is 50.2 Å². The molecule has 1 aliphatic carbocycles. The minimum Gasteiger partial charge on any atom is -0.481 e. The molecule has 94 valence electrons. The fourth-order valence-corrected chi connectivity index (χ4v) is 3.46. The number of carbonyl (C=O) groups is 1. The second-order valence-corrected chi connectivity index (χ2v) is 5.79. The maximum absolute atomic E-state index is 10.9. The predicted molar refractivity (Wildman–Crippen MR) is 68.3 cm³/mol. The summed E-state index contributed by atoms with van der Waals surface area (Å²) in [4.78, 5) is 15.4. The molecule has 1 heterocycles. The number of carboxylic acids is 1. The van der Waals surface area contributed by atoms with E-state index in [0.717, 1.165) is 38.5 Å². The maximum Gasteiger partial charge on any atom is 0.306 e. The summed E-state index contributed by atoms with van der Waals surface area (Å²) in [5.74, 6) is -0.0822. The molecule has 1 fully saturated rings. The highest BCUT2D eigenvalue weighted by atomic mass is 32.1. The lowest BCUT2D eigenvalue weighted by atomic mass is 9.81. The number of hydrogen-bond donors (Lipinski definition) is 1.